The van der Waals surface area contributed by atoms with Gasteiger partial charge in [0.25, 0.3) is 5.91 Å². The number of benzene rings is 2. The van der Waals surface area contributed by atoms with E-state index in [1.54, 1.807) is 7.11 Å². The number of ether oxygens (including phenoxy) is 1. The van der Waals surface area contributed by atoms with Crippen molar-refractivity contribution in [1.82, 2.24) is 4.90 Å². The van der Waals surface area contributed by atoms with Crippen LogP contribution in [0.15, 0.2) is 36.4 Å². The van der Waals surface area contributed by atoms with Gasteiger partial charge < -0.3 is 15.4 Å². The van der Waals surface area contributed by atoms with E-state index in [1.807, 2.05) is 55.6 Å². The van der Waals surface area contributed by atoms with E-state index in [2.05, 4.69) is 19.2 Å². The molecule has 7 nitrogen and oxygen atoms in total. The average molecular weight is 449 g/mol. The number of anilines is 1. The molecule has 4 atom stereocenters. The molecular formula is C26H30N3O4+. The zero-order chi connectivity index (χ0) is 23.7. The lowest BCUT2D eigenvalue weighted by molar-refractivity contribution is -0.738. The number of nitrogens with one attached hydrogen (secondary N) is 1. The van der Waals surface area contributed by atoms with Crippen molar-refractivity contribution in [3.63, 3.8) is 0 Å². The summed E-state index contributed by atoms with van der Waals surface area (Å²) in [6.45, 7) is 8.28. The Morgan fingerprint density at radius 1 is 1.06 bits per heavy atom. The van der Waals surface area contributed by atoms with Crippen molar-refractivity contribution in [2.45, 2.75) is 45.8 Å². The minimum Gasteiger partial charge on any atom is -0.497 e. The molecule has 2 saturated heterocycles. The minimum absolute atomic E-state index is 0.123. The standard InChI is InChI=1S/C26H29N3O4/c1-13(2)21-19-20(24(31)29(23(19)30)12-16-7-9-17(33-5)10-8-16)26(28-21)18-11-6-14(3)15(4)22(18)27-25(26)32/h6-11,13,19-21,28H,12H2,1-5H3,(H,27,32)/p+1/t19-,20-,21-,26-/m0/s1. The molecule has 0 bridgehead atoms. The number of methoxy groups -OCH3 is 1. The van der Waals surface area contributed by atoms with Crippen LogP contribution in [0, 0.1) is 31.6 Å². The topological polar surface area (TPSA) is 92.3 Å². The van der Waals surface area contributed by atoms with E-state index in [0.29, 0.717) is 5.75 Å². The third-order valence-electron chi connectivity index (χ3n) is 7.87. The van der Waals surface area contributed by atoms with Crippen LogP contribution in [0.3, 0.4) is 0 Å². The van der Waals surface area contributed by atoms with Crippen LogP contribution in [0.25, 0.3) is 0 Å². The Morgan fingerprint density at radius 2 is 1.76 bits per heavy atom. The lowest BCUT2D eigenvalue weighted by Gasteiger charge is -2.27. The smallest absolute Gasteiger partial charge is 0.291 e. The molecule has 3 heterocycles. The summed E-state index contributed by atoms with van der Waals surface area (Å²) >= 11 is 0. The summed E-state index contributed by atoms with van der Waals surface area (Å²) < 4.78 is 5.21. The van der Waals surface area contributed by atoms with Crippen LogP contribution in [0.5, 0.6) is 5.75 Å². The number of nitrogens with two attached hydrogens (primary N) is 1. The molecule has 5 rings (SSSR count). The van der Waals surface area contributed by atoms with Gasteiger partial charge in [-0.1, -0.05) is 32.0 Å². The molecule has 172 valence electrons. The Bertz CT molecular complexity index is 1170. The Balaban J connectivity index is 1.59. The number of amides is 3. The maximum Gasteiger partial charge on any atom is 0.291 e. The number of fused-ring (bicyclic) bond motifs is 4. The SMILES string of the molecule is COc1ccc(CN2C(=O)[C@H]3[C@@H](C2=O)[C@]2([NH2+][C@H]3C(C)C)C(=O)Nc3c2ccc(C)c3C)cc1. The van der Waals surface area contributed by atoms with E-state index in [4.69, 9.17) is 4.74 Å². The maximum absolute atomic E-state index is 13.8. The first-order valence-electron chi connectivity index (χ1n) is 11.5. The van der Waals surface area contributed by atoms with Crippen LogP contribution in [0.1, 0.15) is 36.1 Å². The fourth-order valence-electron chi connectivity index (χ4n) is 5.94. The van der Waals surface area contributed by atoms with Gasteiger partial charge in [-0.25, -0.2) is 0 Å². The predicted molar refractivity (Wildman–Crippen MR) is 122 cm³/mol. The van der Waals surface area contributed by atoms with Crippen molar-refractivity contribution in [2.24, 2.45) is 17.8 Å². The van der Waals surface area contributed by atoms with Crippen LogP contribution < -0.4 is 15.4 Å². The molecule has 2 aromatic rings. The molecule has 1 spiro atoms. The predicted octanol–water partition coefficient (Wildman–Crippen LogP) is 1.86. The van der Waals surface area contributed by atoms with E-state index in [1.165, 1.54) is 4.90 Å². The molecule has 7 heteroatoms. The number of aryl methyl sites for hydroxylation is 1. The second-order valence-corrected chi connectivity index (χ2v) is 9.86. The first-order chi connectivity index (χ1) is 15.7. The molecule has 33 heavy (non-hydrogen) atoms. The van der Waals surface area contributed by atoms with Crippen molar-refractivity contribution >= 4 is 23.4 Å². The molecule has 0 unspecified atom stereocenters. The second kappa shape index (κ2) is 7.42. The average Bonchev–Trinajstić information content (AvgIpc) is 3.38. The van der Waals surface area contributed by atoms with Crippen LogP contribution in [-0.2, 0) is 26.5 Å². The monoisotopic (exact) mass is 448 g/mol. The summed E-state index contributed by atoms with van der Waals surface area (Å²) in [6.07, 6.45) is 0. The van der Waals surface area contributed by atoms with E-state index < -0.39 is 17.4 Å². The number of carbonyl (C=O) groups excluding carboxylic acids is 3. The number of imide groups is 1. The summed E-state index contributed by atoms with van der Waals surface area (Å²) in [6, 6.07) is 11.1. The molecule has 0 aliphatic carbocycles. The molecule has 3 aliphatic rings. The number of quaternary nitrogens is 1. The Labute approximate surface area is 193 Å². The van der Waals surface area contributed by atoms with Gasteiger partial charge in [-0.3, -0.25) is 19.3 Å². The zero-order valence-electron chi connectivity index (χ0n) is 19.6. The lowest BCUT2D eigenvalue weighted by atomic mass is 9.75. The van der Waals surface area contributed by atoms with Crippen molar-refractivity contribution < 1.29 is 24.4 Å². The van der Waals surface area contributed by atoms with Gasteiger partial charge in [-0.2, -0.15) is 0 Å². The van der Waals surface area contributed by atoms with Crippen LogP contribution in [0.2, 0.25) is 0 Å². The number of likely N-dealkylation sites (tertiary alicyclic amines) is 1. The van der Waals surface area contributed by atoms with E-state index in [0.717, 1.165) is 27.9 Å². The van der Waals surface area contributed by atoms with Crippen LogP contribution >= 0.6 is 0 Å². The summed E-state index contributed by atoms with van der Waals surface area (Å²) in [4.78, 5) is 42.4. The van der Waals surface area contributed by atoms with Gasteiger partial charge in [0.1, 0.15) is 23.6 Å². The molecule has 0 saturated carbocycles. The maximum atomic E-state index is 13.8. The molecule has 0 radical (unpaired) electrons. The van der Waals surface area contributed by atoms with E-state index in [9.17, 15) is 14.4 Å². The summed E-state index contributed by atoms with van der Waals surface area (Å²) in [7, 11) is 1.60. The molecule has 3 aliphatic heterocycles. The fraction of sp³-hybridized carbons (Fsp3) is 0.423. The van der Waals surface area contributed by atoms with Crippen LogP contribution in [-0.4, -0.2) is 35.8 Å². The minimum atomic E-state index is -1.12. The van der Waals surface area contributed by atoms with Crippen molar-refractivity contribution in [2.75, 3.05) is 12.4 Å². The second-order valence-electron chi connectivity index (χ2n) is 9.86. The van der Waals surface area contributed by atoms with Crippen molar-refractivity contribution in [3.05, 3.63) is 58.7 Å². The third-order valence-corrected chi connectivity index (χ3v) is 7.87. The largest absolute Gasteiger partial charge is 0.497 e. The summed E-state index contributed by atoms with van der Waals surface area (Å²) in [5, 5.41) is 5.06. The first kappa shape index (κ1) is 21.6. The van der Waals surface area contributed by atoms with Gasteiger partial charge in [0, 0.05) is 11.5 Å². The number of nitrogens with zero attached hydrogens (tertiary/aromatic N) is 1. The normalized spacial score (nSPS) is 28.0. The van der Waals surface area contributed by atoms with Gasteiger partial charge in [0.15, 0.2) is 0 Å². The molecule has 3 amide bonds. The van der Waals surface area contributed by atoms with E-state index in [-0.39, 0.29) is 36.2 Å². The highest BCUT2D eigenvalue weighted by Crippen LogP contribution is 2.51. The Morgan fingerprint density at radius 3 is 2.39 bits per heavy atom. The van der Waals surface area contributed by atoms with E-state index >= 15 is 0 Å². The molecule has 2 aromatic carbocycles. The number of hydrogen-bond donors (Lipinski definition) is 2. The third kappa shape index (κ3) is 2.88. The lowest BCUT2D eigenvalue weighted by Crippen LogP contribution is -2.99. The van der Waals surface area contributed by atoms with Gasteiger partial charge in [-0.15, -0.1) is 0 Å². The number of hydrogen-bond acceptors (Lipinski definition) is 4. The Hall–Kier alpha value is -3.19. The Kier molecular flexibility index (Phi) is 4.86. The molecular weight excluding hydrogens is 418 g/mol. The molecule has 3 N–H and O–H groups in total. The fourth-order valence-corrected chi connectivity index (χ4v) is 5.94. The first-order valence-corrected chi connectivity index (χ1v) is 11.5. The highest BCUT2D eigenvalue weighted by atomic mass is 16.5. The zero-order valence-corrected chi connectivity index (χ0v) is 19.6. The highest BCUT2D eigenvalue weighted by molar-refractivity contribution is 6.14. The molecule has 0 aromatic heterocycles. The van der Waals surface area contributed by atoms with Gasteiger partial charge in [-0.05, 0) is 48.7 Å². The van der Waals surface area contributed by atoms with Gasteiger partial charge in [0.2, 0.25) is 17.4 Å². The number of rotatable bonds is 4. The quantitative estimate of drug-likeness (QED) is 0.699. The van der Waals surface area contributed by atoms with Gasteiger partial charge >= 0.3 is 0 Å². The number of carbonyl (C=O) groups is 3. The summed E-state index contributed by atoms with van der Waals surface area (Å²) in [5.41, 5.74) is 3.42. The van der Waals surface area contributed by atoms with Crippen LogP contribution in [0.4, 0.5) is 5.69 Å². The van der Waals surface area contributed by atoms with Gasteiger partial charge in [0.05, 0.1) is 19.3 Å². The molecule has 2 fully saturated rings. The summed E-state index contributed by atoms with van der Waals surface area (Å²) in [5.74, 6) is -1.06. The highest BCUT2D eigenvalue weighted by Gasteiger charge is 2.74. The van der Waals surface area contributed by atoms with Crippen molar-refractivity contribution in [3.8, 4) is 5.75 Å². The van der Waals surface area contributed by atoms with Crippen molar-refractivity contribution in [1.29, 1.82) is 0 Å².